The summed E-state index contributed by atoms with van der Waals surface area (Å²) in [4.78, 5) is 22.2. The summed E-state index contributed by atoms with van der Waals surface area (Å²) in [7, 11) is 0. The average molecular weight is 534 g/mol. The van der Waals surface area contributed by atoms with Crippen molar-refractivity contribution in [3.63, 3.8) is 0 Å². The minimum atomic E-state index is -0.518. The number of esters is 1. The minimum absolute atomic E-state index is 0.0105. The molecule has 0 bridgehead atoms. The average Bonchev–Trinajstić information content (AvgIpc) is 3.42. The van der Waals surface area contributed by atoms with Gasteiger partial charge in [0.1, 0.15) is 0 Å². The number of anilines is 1. The van der Waals surface area contributed by atoms with E-state index in [9.17, 15) is 4.79 Å². The molecule has 1 aliphatic heterocycles. The largest absolute Gasteiger partial charge is 0.407 e. The summed E-state index contributed by atoms with van der Waals surface area (Å²) >= 11 is 1.82. The molecule has 202 valence electrons. The van der Waals surface area contributed by atoms with Gasteiger partial charge in [-0.25, -0.2) is 4.98 Å². The monoisotopic (exact) mass is 533 g/mol. The van der Waals surface area contributed by atoms with Crippen LogP contribution in [0.15, 0.2) is 47.9 Å². The maximum Gasteiger partial charge on any atom is 0.318 e. The highest BCUT2D eigenvalue weighted by Gasteiger charge is 2.28. The molecule has 1 atom stereocenters. The van der Waals surface area contributed by atoms with Gasteiger partial charge >= 0.3 is 5.97 Å². The van der Waals surface area contributed by atoms with Gasteiger partial charge in [-0.3, -0.25) is 9.69 Å². The first-order valence-corrected chi connectivity index (χ1v) is 14.8. The second-order valence-corrected chi connectivity index (χ2v) is 11.9. The van der Waals surface area contributed by atoms with E-state index in [2.05, 4.69) is 56.6 Å². The SMILES string of the molecule is CCC(C)(C)C(=O)Oc1ccc2c(n1)CC(OCCCCN1CCN(c3cccc4sccc34)CC1)C=C2. The number of fused-ring (bicyclic) bond motifs is 2. The van der Waals surface area contributed by atoms with E-state index >= 15 is 0 Å². The van der Waals surface area contributed by atoms with E-state index in [0.29, 0.717) is 12.3 Å². The van der Waals surface area contributed by atoms with Crippen molar-refractivity contribution in [3.8, 4) is 5.88 Å². The summed E-state index contributed by atoms with van der Waals surface area (Å²) in [5, 5.41) is 3.57. The highest BCUT2D eigenvalue weighted by Crippen LogP contribution is 2.31. The number of piperazine rings is 1. The van der Waals surface area contributed by atoms with Crippen molar-refractivity contribution in [1.29, 1.82) is 0 Å². The molecule has 1 unspecified atom stereocenters. The van der Waals surface area contributed by atoms with Crippen LogP contribution < -0.4 is 9.64 Å². The van der Waals surface area contributed by atoms with Gasteiger partial charge in [0, 0.05) is 61.0 Å². The third kappa shape index (κ3) is 6.28. The standard InChI is InChI=1S/C31H39N3O3S/c1-4-31(2,3)30(35)37-29-13-11-23-10-12-24(22-26(23)32-29)36-20-6-5-15-33-16-18-34(19-17-33)27-8-7-9-28-25(27)14-21-38-28/h7-14,21,24H,4-6,15-20,22H2,1-3H3. The van der Waals surface area contributed by atoms with Crippen LogP contribution in [-0.4, -0.2) is 61.3 Å². The molecule has 3 heterocycles. The molecular formula is C31H39N3O3S. The zero-order valence-electron chi connectivity index (χ0n) is 22.8. The van der Waals surface area contributed by atoms with Gasteiger partial charge in [-0.15, -0.1) is 11.3 Å². The molecule has 1 aromatic carbocycles. The van der Waals surface area contributed by atoms with E-state index in [-0.39, 0.29) is 12.1 Å². The highest BCUT2D eigenvalue weighted by molar-refractivity contribution is 7.17. The fourth-order valence-electron chi connectivity index (χ4n) is 4.96. The van der Waals surface area contributed by atoms with Crippen molar-refractivity contribution in [1.82, 2.24) is 9.88 Å². The van der Waals surface area contributed by atoms with Gasteiger partial charge in [-0.2, -0.15) is 0 Å². The van der Waals surface area contributed by atoms with Crippen LogP contribution in [0.25, 0.3) is 16.2 Å². The normalized spacial score (nSPS) is 18.1. The maximum absolute atomic E-state index is 12.4. The Morgan fingerprint density at radius 2 is 1.95 bits per heavy atom. The lowest BCUT2D eigenvalue weighted by Gasteiger charge is -2.36. The summed E-state index contributed by atoms with van der Waals surface area (Å²) in [6.07, 6.45) is 7.79. The molecular weight excluding hydrogens is 494 g/mol. The Morgan fingerprint density at radius 3 is 2.76 bits per heavy atom. The maximum atomic E-state index is 12.4. The lowest BCUT2D eigenvalue weighted by atomic mass is 9.91. The molecule has 0 amide bonds. The van der Waals surface area contributed by atoms with Gasteiger partial charge in [-0.1, -0.05) is 25.1 Å². The van der Waals surface area contributed by atoms with Crippen LogP contribution in [0.3, 0.4) is 0 Å². The summed E-state index contributed by atoms with van der Waals surface area (Å²) in [5.41, 5.74) is 2.85. The van der Waals surface area contributed by atoms with Gasteiger partial charge < -0.3 is 14.4 Å². The van der Waals surface area contributed by atoms with Crippen LogP contribution in [0.1, 0.15) is 51.3 Å². The van der Waals surface area contributed by atoms with E-state index < -0.39 is 5.41 Å². The topological polar surface area (TPSA) is 54.9 Å². The van der Waals surface area contributed by atoms with Crippen molar-refractivity contribution in [2.45, 2.75) is 52.6 Å². The molecule has 0 saturated carbocycles. The molecule has 5 rings (SSSR count). The van der Waals surface area contributed by atoms with Crippen LogP contribution >= 0.6 is 11.3 Å². The van der Waals surface area contributed by atoms with Gasteiger partial charge in [-0.05, 0) is 74.9 Å². The smallest absolute Gasteiger partial charge is 0.318 e. The van der Waals surface area contributed by atoms with Crippen LogP contribution in [0, 0.1) is 5.41 Å². The lowest BCUT2D eigenvalue weighted by molar-refractivity contribution is -0.144. The molecule has 1 aliphatic carbocycles. The number of nitrogens with zero attached hydrogens (tertiary/aromatic N) is 3. The lowest BCUT2D eigenvalue weighted by Crippen LogP contribution is -2.46. The third-order valence-electron chi connectivity index (χ3n) is 7.89. The molecule has 1 fully saturated rings. The first kappa shape index (κ1) is 26.9. The molecule has 2 aliphatic rings. The number of rotatable bonds is 10. The first-order chi connectivity index (χ1) is 18.4. The number of unbranched alkanes of at least 4 members (excludes halogenated alkanes) is 1. The molecule has 3 aromatic rings. The van der Waals surface area contributed by atoms with Gasteiger partial charge in [0.05, 0.1) is 17.2 Å². The first-order valence-electron chi connectivity index (χ1n) is 13.9. The van der Waals surface area contributed by atoms with Crippen LogP contribution in [0.4, 0.5) is 5.69 Å². The molecule has 2 aromatic heterocycles. The van der Waals surface area contributed by atoms with Crippen molar-refractivity contribution >= 4 is 39.2 Å². The van der Waals surface area contributed by atoms with Gasteiger partial charge in [0.25, 0.3) is 0 Å². The molecule has 0 spiro atoms. The molecule has 0 radical (unpaired) electrons. The number of aromatic nitrogens is 1. The van der Waals surface area contributed by atoms with E-state index in [1.54, 1.807) is 6.07 Å². The highest BCUT2D eigenvalue weighted by atomic mass is 32.1. The fourth-order valence-corrected chi connectivity index (χ4v) is 5.77. The Kier molecular flexibility index (Phi) is 8.46. The second kappa shape index (κ2) is 12.0. The van der Waals surface area contributed by atoms with Crippen LogP contribution in [0.5, 0.6) is 5.88 Å². The van der Waals surface area contributed by atoms with E-state index in [4.69, 9.17) is 9.47 Å². The molecule has 0 N–H and O–H groups in total. The summed E-state index contributed by atoms with van der Waals surface area (Å²) < 4.78 is 13.1. The Bertz CT molecular complexity index is 1280. The van der Waals surface area contributed by atoms with Crippen LogP contribution in [0.2, 0.25) is 0 Å². The van der Waals surface area contributed by atoms with Crippen molar-refractivity contribution in [2.24, 2.45) is 5.41 Å². The number of pyridine rings is 1. The number of benzene rings is 1. The van der Waals surface area contributed by atoms with Crippen molar-refractivity contribution < 1.29 is 14.3 Å². The number of carbonyl (C=O) groups excluding carboxylic acids is 1. The zero-order valence-corrected chi connectivity index (χ0v) is 23.6. The second-order valence-electron chi connectivity index (χ2n) is 10.9. The molecule has 38 heavy (non-hydrogen) atoms. The minimum Gasteiger partial charge on any atom is -0.407 e. The number of ether oxygens (including phenoxy) is 2. The Labute approximate surface area is 230 Å². The Balaban J connectivity index is 1.02. The van der Waals surface area contributed by atoms with Gasteiger partial charge in [0.2, 0.25) is 5.88 Å². The molecule has 7 heteroatoms. The fraction of sp³-hybridized carbons (Fsp3) is 0.484. The summed E-state index contributed by atoms with van der Waals surface area (Å²) in [5.74, 6) is 0.129. The summed E-state index contributed by atoms with van der Waals surface area (Å²) in [6.45, 7) is 12.0. The predicted molar refractivity (Wildman–Crippen MR) is 156 cm³/mol. The van der Waals surface area contributed by atoms with Gasteiger partial charge in [0.15, 0.2) is 0 Å². The number of hydrogen-bond donors (Lipinski definition) is 0. The van der Waals surface area contributed by atoms with E-state index in [1.807, 2.05) is 38.2 Å². The quantitative estimate of drug-likeness (QED) is 0.229. The summed E-state index contributed by atoms with van der Waals surface area (Å²) in [6, 6.07) is 12.6. The van der Waals surface area contributed by atoms with Crippen LogP contribution in [-0.2, 0) is 16.0 Å². The third-order valence-corrected chi connectivity index (χ3v) is 8.77. The number of hydrogen-bond acceptors (Lipinski definition) is 7. The number of thiophene rings is 1. The zero-order chi connectivity index (χ0) is 26.5. The Hall–Kier alpha value is -2.74. The molecule has 1 saturated heterocycles. The molecule has 6 nitrogen and oxygen atoms in total. The number of carbonyl (C=O) groups is 1. The van der Waals surface area contributed by atoms with E-state index in [1.165, 1.54) is 15.8 Å². The van der Waals surface area contributed by atoms with Crippen molar-refractivity contribution in [2.75, 3.05) is 44.2 Å². The van der Waals surface area contributed by atoms with E-state index in [0.717, 1.165) is 69.9 Å². The van der Waals surface area contributed by atoms with Crippen molar-refractivity contribution in [3.05, 3.63) is 59.1 Å². The predicted octanol–water partition coefficient (Wildman–Crippen LogP) is 6.19. The Morgan fingerprint density at radius 1 is 1.11 bits per heavy atom.